The first-order valence-electron chi connectivity index (χ1n) is 4.38. The number of hydrogen-bond donors (Lipinski definition) is 1. The van der Waals surface area contributed by atoms with E-state index in [1.807, 2.05) is 0 Å². The van der Waals surface area contributed by atoms with Gasteiger partial charge in [0.25, 0.3) is 10.0 Å². The molecule has 0 aliphatic rings. The fourth-order valence-electron chi connectivity index (χ4n) is 1.08. The van der Waals surface area contributed by atoms with Crippen molar-refractivity contribution < 1.29 is 8.42 Å². The van der Waals surface area contributed by atoms with E-state index < -0.39 is 10.0 Å². The third-order valence-electron chi connectivity index (χ3n) is 1.80. The highest BCUT2D eigenvalue weighted by Gasteiger charge is 2.18. The highest BCUT2D eigenvalue weighted by Crippen LogP contribution is 2.28. The molecule has 0 amide bonds. The van der Waals surface area contributed by atoms with Gasteiger partial charge >= 0.3 is 0 Å². The lowest BCUT2D eigenvalue weighted by Gasteiger charge is -2.06. The number of aromatic nitrogens is 1. The minimum absolute atomic E-state index is 0.0960. The molecule has 0 aliphatic carbocycles. The molecule has 1 N–H and O–H groups in total. The normalized spacial score (nSPS) is 11.4. The second-order valence-electron chi connectivity index (χ2n) is 3.00. The minimum atomic E-state index is -3.68. The lowest BCUT2D eigenvalue weighted by atomic mass is 10.5. The van der Waals surface area contributed by atoms with Crippen molar-refractivity contribution in [3.05, 3.63) is 39.8 Å². The van der Waals surface area contributed by atoms with Crippen molar-refractivity contribution in [3.8, 4) is 0 Å². The Hall–Kier alpha value is -0.820. The quantitative estimate of drug-likeness (QED) is 0.947. The highest BCUT2D eigenvalue weighted by molar-refractivity contribution is 7.94. The predicted molar refractivity (Wildman–Crippen MR) is 69.4 cm³/mol. The molecule has 8 heteroatoms. The third-order valence-corrected chi connectivity index (χ3v) is 5.17. The zero-order valence-corrected chi connectivity index (χ0v) is 11.4. The Morgan fingerprint density at radius 2 is 2.00 bits per heavy atom. The Bertz CT molecular complexity index is 640. The van der Waals surface area contributed by atoms with Crippen LogP contribution in [0.3, 0.4) is 0 Å². The number of sulfonamides is 1. The third kappa shape index (κ3) is 2.90. The molecule has 0 radical (unpaired) electrons. The Morgan fingerprint density at radius 3 is 2.59 bits per heavy atom. The predicted octanol–water partition coefficient (Wildman–Crippen LogP) is 3.25. The number of nitrogens with zero attached hydrogens (tertiary/aromatic N) is 1. The van der Waals surface area contributed by atoms with Crippen LogP contribution in [0.15, 0.2) is 34.7 Å². The number of thiophene rings is 1. The molecule has 0 bridgehead atoms. The van der Waals surface area contributed by atoms with E-state index in [-0.39, 0.29) is 15.0 Å². The van der Waals surface area contributed by atoms with Gasteiger partial charge in [-0.3, -0.25) is 4.72 Å². The molecule has 0 fully saturated rings. The molecule has 90 valence electrons. The number of rotatable bonds is 3. The lowest BCUT2D eigenvalue weighted by molar-refractivity contribution is 0.603. The maximum absolute atomic E-state index is 11.9. The molecule has 17 heavy (non-hydrogen) atoms. The highest BCUT2D eigenvalue weighted by atomic mass is 35.5. The van der Waals surface area contributed by atoms with Crippen LogP contribution in [0, 0.1) is 0 Å². The fourth-order valence-corrected chi connectivity index (χ4v) is 3.82. The number of nitrogens with one attached hydrogen (secondary N) is 1. The van der Waals surface area contributed by atoms with Crippen LogP contribution >= 0.6 is 34.5 Å². The van der Waals surface area contributed by atoms with Gasteiger partial charge in [0.2, 0.25) is 0 Å². The summed E-state index contributed by atoms with van der Waals surface area (Å²) in [4.78, 5) is 3.85. The molecular weight excluding hydrogens is 303 g/mol. The van der Waals surface area contributed by atoms with Crippen LogP contribution in [0.4, 0.5) is 5.82 Å². The summed E-state index contributed by atoms with van der Waals surface area (Å²) in [6, 6.07) is 6.10. The molecule has 4 nitrogen and oxygen atoms in total. The van der Waals surface area contributed by atoms with Crippen molar-refractivity contribution in [2.75, 3.05) is 4.72 Å². The van der Waals surface area contributed by atoms with Gasteiger partial charge in [-0.15, -0.1) is 11.3 Å². The van der Waals surface area contributed by atoms with Gasteiger partial charge in [-0.25, -0.2) is 13.4 Å². The second kappa shape index (κ2) is 4.81. The summed E-state index contributed by atoms with van der Waals surface area (Å²) in [5, 5.41) is 0.235. The van der Waals surface area contributed by atoms with E-state index in [0.717, 1.165) is 11.3 Å². The van der Waals surface area contributed by atoms with Gasteiger partial charge < -0.3 is 0 Å². The summed E-state index contributed by atoms with van der Waals surface area (Å²) in [6.45, 7) is 0. The SMILES string of the molecule is O=S(=O)(Nc1ncccc1Cl)c1ccc(Cl)s1. The van der Waals surface area contributed by atoms with Gasteiger partial charge in [0.15, 0.2) is 5.82 Å². The summed E-state index contributed by atoms with van der Waals surface area (Å²) in [5.74, 6) is 0.0960. The zero-order chi connectivity index (χ0) is 12.5. The van der Waals surface area contributed by atoms with Crippen molar-refractivity contribution in [3.63, 3.8) is 0 Å². The maximum Gasteiger partial charge on any atom is 0.272 e. The molecule has 0 aromatic carbocycles. The zero-order valence-electron chi connectivity index (χ0n) is 8.22. The van der Waals surface area contributed by atoms with Gasteiger partial charge in [-0.1, -0.05) is 23.2 Å². The Balaban J connectivity index is 2.33. The molecule has 0 atom stereocenters. The van der Waals surface area contributed by atoms with E-state index in [2.05, 4.69) is 9.71 Å². The lowest BCUT2D eigenvalue weighted by Crippen LogP contribution is -2.12. The smallest absolute Gasteiger partial charge is 0.261 e. The van der Waals surface area contributed by atoms with Crippen molar-refractivity contribution in [1.82, 2.24) is 4.98 Å². The van der Waals surface area contributed by atoms with Crippen LogP contribution in [0.25, 0.3) is 0 Å². The summed E-state index contributed by atoms with van der Waals surface area (Å²) in [6.07, 6.45) is 1.45. The molecule has 0 aliphatic heterocycles. The van der Waals surface area contributed by atoms with Crippen molar-refractivity contribution in [2.45, 2.75) is 4.21 Å². The number of pyridine rings is 1. The van der Waals surface area contributed by atoms with Crippen molar-refractivity contribution in [2.24, 2.45) is 0 Å². The van der Waals surface area contributed by atoms with Crippen LogP contribution < -0.4 is 4.72 Å². The topological polar surface area (TPSA) is 59.1 Å². The first kappa shape index (κ1) is 12.6. The average molecular weight is 309 g/mol. The molecular formula is C9H6Cl2N2O2S2. The van der Waals surface area contributed by atoms with Crippen LogP contribution in [0.2, 0.25) is 9.36 Å². The first-order chi connectivity index (χ1) is 7.99. The van der Waals surface area contributed by atoms with Crippen LogP contribution in [0.5, 0.6) is 0 Å². The standard InChI is InChI=1S/C9H6Cl2N2O2S2/c10-6-2-1-5-12-9(6)13-17(14,15)8-4-3-7(11)16-8/h1-5H,(H,12,13). The Kier molecular flexibility index (Phi) is 3.58. The summed E-state index contributed by atoms with van der Waals surface area (Å²) in [7, 11) is -3.68. The molecule has 2 rings (SSSR count). The molecule has 0 saturated carbocycles. The van der Waals surface area contributed by atoms with Crippen molar-refractivity contribution in [1.29, 1.82) is 0 Å². The molecule has 0 saturated heterocycles. The number of hydrogen-bond acceptors (Lipinski definition) is 4. The first-order valence-corrected chi connectivity index (χ1v) is 7.43. The van der Waals surface area contributed by atoms with Gasteiger partial charge in [0.05, 0.1) is 9.36 Å². The molecule has 0 spiro atoms. The second-order valence-corrected chi connectivity index (χ2v) is 7.03. The van der Waals surface area contributed by atoms with Crippen molar-refractivity contribution >= 4 is 50.4 Å². The number of anilines is 1. The van der Waals surface area contributed by atoms with E-state index in [4.69, 9.17) is 23.2 Å². The largest absolute Gasteiger partial charge is 0.272 e. The number of halogens is 2. The van der Waals surface area contributed by atoms with Gasteiger partial charge in [0.1, 0.15) is 4.21 Å². The van der Waals surface area contributed by atoms with E-state index >= 15 is 0 Å². The van der Waals surface area contributed by atoms with E-state index in [1.165, 1.54) is 18.3 Å². The van der Waals surface area contributed by atoms with Crippen LogP contribution in [-0.2, 0) is 10.0 Å². The van der Waals surface area contributed by atoms with E-state index in [1.54, 1.807) is 12.1 Å². The molecule has 0 unspecified atom stereocenters. The molecule has 2 heterocycles. The molecule has 2 aromatic rings. The Labute approximate surface area is 112 Å². The van der Waals surface area contributed by atoms with E-state index in [9.17, 15) is 8.42 Å². The van der Waals surface area contributed by atoms with Gasteiger partial charge in [0, 0.05) is 6.20 Å². The van der Waals surface area contributed by atoms with Gasteiger partial charge in [-0.05, 0) is 24.3 Å². The summed E-state index contributed by atoms with van der Waals surface area (Å²) >= 11 is 12.5. The minimum Gasteiger partial charge on any atom is -0.261 e. The van der Waals surface area contributed by atoms with Crippen LogP contribution in [0.1, 0.15) is 0 Å². The van der Waals surface area contributed by atoms with Crippen LogP contribution in [-0.4, -0.2) is 13.4 Å². The summed E-state index contributed by atoms with van der Waals surface area (Å²) < 4.78 is 26.6. The Morgan fingerprint density at radius 1 is 1.24 bits per heavy atom. The van der Waals surface area contributed by atoms with E-state index in [0.29, 0.717) is 4.34 Å². The molecule has 2 aromatic heterocycles. The van der Waals surface area contributed by atoms with Gasteiger partial charge in [-0.2, -0.15) is 0 Å². The fraction of sp³-hybridized carbons (Fsp3) is 0. The average Bonchev–Trinajstić information content (AvgIpc) is 2.69. The maximum atomic E-state index is 11.9. The monoisotopic (exact) mass is 308 g/mol. The summed E-state index contributed by atoms with van der Waals surface area (Å²) in [5.41, 5.74) is 0.